The quantitative estimate of drug-likeness (QED) is 0.511. The summed E-state index contributed by atoms with van der Waals surface area (Å²) in [5.41, 5.74) is 6.93. The molecule has 0 bridgehead atoms. The second kappa shape index (κ2) is 6.65. The van der Waals surface area contributed by atoms with Crippen molar-refractivity contribution in [1.29, 1.82) is 0 Å². The maximum atomic E-state index is 4.47. The third kappa shape index (κ3) is 2.93. The first kappa shape index (κ1) is 17.5. The molecule has 0 aliphatic rings. The highest BCUT2D eigenvalue weighted by atomic mass is 15.3. The highest BCUT2D eigenvalue weighted by molar-refractivity contribution is 5.81. The molecule has 138 valence electrons. The van der Waals surface area contributed by atoms with Crippen molar-refractivity contribution < 1.29 is 0 Å². The van der Waals surface area contributed by atoms with Gasteiger partial charge in [0, 0.05) is 12.6 Å². The Bertz CT molecular complexity index is 1070. The van der Waals surface area contributed by atoms with E-state index in [1.165, 1.54) is 16.8 Å². The van der Waals surface area contributed by atoms with Crippen molar-refractivity contribution in [3.63, 3.8) is 0 Å². The molecule has 5 heteroatoms. The van der Waals surface area contributed by atoms with Gasteiger partial charge in [0.15, 0.2) is 5.82 Å². The van der Waals surface area contributed by atoms with Gasteiger partial charge in [-0.05, 0) is 41.2 Å². The summed E-state index contributed by atoms with van der Waals surface area (Å²) in [6.07, 6.45) is 3.67. The number of fused-ring (bicyclic) bond motifs is 1. The van der Waals surface area contributed by atoms with Gasteiger partial charge >= 0.3 is 0 Å². The van der Waals surface area contributed by atoms with Crippen LogP contribution < -0.4 is 0 Å². The van der Waals surface area contributed by atoms with E-state index in [9.17, 15) is 0 Å². The molecule has 2 aromatic carbocycles. The Morgan fingerprint density at radius 2 is 1.59 bits per heavy atom. The molecule has 4 aromatic rings. The average Bonchev–Trinajstić information content (AvgIpc) is 3.27. The fraction of sp³-hybridized carbons (Fsp3) is 0.318. The molecule has 4 rings (SSSR count). The fourth-order valence-corrected chi connectivity index (χ4v) is 3.65. The van der Waals surface area contributed by atoms with Crippen LogP contribution in [-0.2, 0) is 7.05 Å². The van der Waals surface area contributed by atoms with E-state index in [-0.39, 0.29) is 0 Å². The Morgan fingerprint density at radius 3 is 2.26 bits per heavy atom. The molecule has 0 aliphatic heterocycles. The normalized spacial score (nSPS) is 11.8. The van der Waals surface area contributed by atoms with E-state index in [1.54, 1.807) is 0 Å². The average molecular weight is 359 g/mol. The van der Waals surface area contributed by atoms with E-state index in [1.807, 2.05) is 30.3 Å². The van der Waals surface area contributed by atoms with Gasteiger partial charge in [-0.25, -0.2) is 4.98 Å². The zero-order valence-electron chi connectivity index (χ0n) is 16.5. The second-order valence-corrected chi connectivity index (χ2v) is 7.68. The van der Waals surface area contributed by atoms with Crippen molar-refractivity contribution in [2.75, 3.05) is 0 Å². The number of para-hydroxylation sites is 1. The van der Waals surface area contributed by atoms with E-state index < -0.39 is 0 Å². The summed E-state index contributed by atoms with van der Waals surface area (Å²) >= 11 is 0. The van der Waals surface area contributed by atoms with Crippen molar-refractivity contribution in [3.05, 3.63) is 60.2 Å². The van der Waals surface area contributed by atoms with E-state index in [0.29, 0.717) is 11.8 Å². The molecule has 0 amide bonds. The van der Waals surface area contributed by atoms with Gasteiger partial charge in [-0.1, -0.05) is 45.9 Å². The number of aryl methyl sites for hydroxylation is 1. The summed E-state index contributed by atoms with van der Waals surface area (Å²) in [5, 5.41) is 8.72. The molecule has 5 nitrogen and oxygen atoms in total. The first-order chi connectivity index (χ1) is 13.0. The minimum atomic E-state index is 0.411. The monoisotopic (exact) mass is 359 g/mol. The van der Waals surface area contributed by atoms with Crippen LogP contribution in [0.3, 0.4) is 0 Å². The number of nitrogens with zero attached hydrogens (tertiary/aromatic N) is 5. The van der Waals surface area contributed by atoms with Crippen LogP contribution in [0.5, 0.6) is 0 Å². The molecule has 0 spiro atoms. The molecule has 0 fully saturated rings. The Kier molecular flexibility index (Phi) is 4.30. The smallest absolute Gasteiger partial charge is 0.168 e. The highest BCUT2D eigenvalue weighted by Gasteiger charge is 2.19. The van der Waals surface area contributed by atoms with Gasteiger partial charge in [-0.2, -0.15) is 0 Å². The minimum absolute atomic E-state index is 0.411. The first-order valence-electron chi connectivity index (χ1n) is 9.42. The van der Waals surface area contributed by atoms with Crippen molar-refractivity contribution in [3.8, 4) is 17.1 Å². The molecule has 0 aliphatic carbocycles. The number of benzene rings is 2. The Balaban J connectivity index is 1.95. The van der Waals surface area contributed by atoms with Crippen molar-refractivity contribution in [1.82, 2.24) is 24.3 Å². The van der Waals surface area contributed by atoms with Gasteiger partial charge in [0.05, 0.1) is 23.0 Å². The standard InChI is InChI=1S/C22H25N5/c1-14(2)17-7-6-8-18(15(3)4)21(17)27-13-24-25-22(27)16-9-10-19-20(11-16)26(5)12-23-19/h6-15H,1-5H3. The largest absolute Gasteiger partial charge is 0.334 e. The second-order valence-electron chi connectivity index (χ2n) is 7.68. The molecule has 2 heterocycles. The molecule has 0 saturated carbocycles. The Hall–Kier alpha value is -2.95. The summed E-state index contributed by atoms with van der Waals surface area (Å²) in [6.45, 7) is 8.92. The van der Waals surface area contributed by atoms with Gasteiger partial charge < -0.3 is 4.57 Å². The number of aromatic nitrogens is 5. The Morgan fingerprint density at radius 1 is 0.889 bits per heavy atom. The summed E-state index contributed by atoms with van der Waals surface area (Å²) in [7, 11) is 2.01. The van der Waals surface area contributed by atoms with Crippen LogP contribution >= 0.6 is 0 Å². The molecular weight excluding hydrogens is 334 g/mol. The molecule has 0 saturated heterocycles. The zero-order chi connectivity index (χ0) is 19.1. The van der Waals surface area contributed by atoms with Gasteiger partial charge in [-0.15, -0.1) is 10.2 Å². The molecule has 0 radical (unpaired) electrons. The van der Waals surface area contributed by atoms with E-state index in [0.717, 1.165) is 22.4 Å². The third-order valence-corrected chi connectivity index (χ3v) is 5.11. The number of hydrogen-bond acceptors (Lipinski definition) is 3. The maximum absolute atomic E-state index is 4.47. The van der Waals surface area contributed by atoms with Crippen LogP contribution in [0.2, 0.25) is 0 Å². The number of hydrogen-bond donors (Lipinski definition) is 0. The van der Waals surface area contributed by atoms with Gasteiger partial charge in [0.25, 0.3) is 0 Å². The molecule has 0 unspecified atom stereocenters. The van der Waals surface area contributed by atoms with Gasteiger partial charge in [0.1, 0.15) is 6.33 Å². The van der Waals surface area contributed by atoms with Crippen LogP contribution in [0.1, 0.15) is 50.7 Å². The molecule has 0 N–H and O–H groups in total. The lowest BCUT2D eigenvalue weighted by atomic mass is 9.92. The van der Waals surface area contributed by atoms with Gasteiger partial charge in [0.2, 0.25) is 0 Å². The van der Waals surface area contributed by atoms with E-state index in [4.69, 9.17) is 0 Å². The van der Waals surface area contributed by atoms with Crippen molar-refractivity contribution in [2.24, 2.45) is 7.05 Å². The van der Waals surface area contributed by atoms with Crippen LogP contribution in [-0.4, -0.2) is 24.3 Å². The number of imidazole rings is 1. The predicted molar refractivity (Wildman–Crippen MR) is 109 cm³/mol. The molecule has 27 heavy (non-hydrogen) atoms. The lowest BCUT2D eigenvalue weighted by Crippen LogP contribution is -2.07. The van der Waals surface area contributed by atoms with Crippen LogP contribution in [0.15, 0.2) is 49.1 Å². The van der Waals surface area contributed by atoms with Crippen LogP contribution in [0, 0.1) is 0 Å². The van der Waals surface area contributed by atoms with Crippen LogP contribution in [0.4, 0.5) is 0 Å². The summed E-state index contributed by atoms with van der Waals surface area (Å²) in [6, 6.07) is 12.8. The Labute approximate surface area is 159 Å². The summed E-state index contributed by atoms with van der Waals surface area (Å²) in [4.78, 5) is 4.42. The first-order valence-corrected chi connectivity index (χ1v) is 9.42. The highest BCUT2D eigenvalue weighted by Crippen LogP contribution is 2.33. The third-order valence-electron chi connectivity index (χ3n) is 5.11. The lowest BCUT2D eigenvalue weighted by Gasteiger charge is -2.21. The van der Waals surface area contributed by atoms with Crippen molar-refractivity contribution >= 4 is 11.0 Å². The predicted octanol–water partition coefficient (Wildman–Crippen LogP) is 5.07. The molecular formula is C22H25N5. The lowest BCUT2D eigenvalue weighted by molar-refractivity contribution is 0.806. The topological polar surface area (TPSA) is 48.5 Å². The van der Waals surface area contributed by atoms with E-state index >= 15 is 0 Å². The minimum Gasteiger partial charge on any atom is -0.334 e. The van der Waals surface area contributed by atoms with Crippen molar-refractivity contribution in [2.45, 2.75) is 39.5 Å². The summed E-state index contributed by atoms with van der Waals surface area (Å²) in [5.74, 6) is 1.68. The maximum Gasteiger partial charge on any atom is 0.168 e. The zero-order valence-corrected chi connectivity index (χ0v) is 16.5. The summed E-state index contributed by atoms with van der Waals surface area (Å²) < 4.78 is 4.17. The van der Waals surface area contributed by atoms with Crippen LogP contribution in [0.25, 0.3) is 28.1 Å². The van der Waals surface area contributed by atoms with Gasteiger partial charge in [-0.3, -0.25) is 4.57 Å². The SMILES string of the molecule is CC(C)c1cccc(C(C)C)c1-n1cnnc1-c1ccc2ncn(C)c2c1. The fourth-order valence-electron chi connectivity index (χ4n) is 3.65. The van der Waals surface area contributed by atoms with E-state index in [2.05, 4.69) is 77.8 Å². The molecule has 0 atom stereocenters. The number of rotatable bonds is 4. The molecule has 2 aromatic heterocycles.